The molecule has 2 aromatic heterocycles. The van der Waals surface area contributed by atoms with Gasteiger partial charge in [-0.2, -0.15) is 0 Å². The molecule has 2 nitrogen and oxygen atoms in total. The summed E-state index contributed by atoms with van der Waals surface area (Å²) in [6.45, 7) is 2.08. The molecule has 0 amide bonds. The molecule has 0 atom stereocenters. The summed E-state index contributed by atoms with van der Waals surface area (Å²) in [6, 6.07) is 49.5. The van der Waals surface area contributed by atoms with Crippen LogP contribution >= 0.6 is 0 Å². The van der Waals surface area contributed by atoms with Crippen molar-refractivity contribution in [1.82, 2.24) is 9.97 Å². The summed E-state index contributed by atoms with van der Waals surface area (Å²) < 4.78 is 0. The average molecular weight is 667 g/mol. The number of rotatable bonds is 4. The second-order valence-electron chi connectivity index (χ2n) is 8.62. The third-order valence-corrected chi connectivity index (χ3v) is 5.96. The normalized spacial score (nSPS) is 10.0. The van der Waals surface area contributed by atoms with Gasteiger partial charge in [0.25, 0.3) is 0 Å². The van der Waals surface area contributed by atoms with E-state index >= 15 is 0 Å². The largest absolute Gasteiger partial charge is 0.305 e. The van der Waals surface area contributed by atoms with Gasteiger partial charge in [-0.05, 0) is 36.0 Å². The summed E-state index contributed by atoms with van der Waals surface area (Å²) in [5.74, 6) is 0. The minimum absolute atomic E-state index is 0. The Morgan fingerprint density at radius 1 is 0.526 bits per heavy atom. The van der Waals surface area contributed by atoms with E-state index in [4.69, 9.17) is 0 Å². The number of pyridine rings is 2. The van der Waals surface area contributed by atoms with Crippen molar-refractivity contribution >= 4 is 0 Å². The minimum Gasteiger partial charge on any atom is -0.305 e. The molecule has 6 aromatic rings. The Labute approximate surface area is 238 Å². The molecule has 0 N–H and O–H groups in total. The third-order valence-electron chi connectivity index (χ3n) is 5.96. The van der Waals surface area contributed by atoms with E-state index < -0.39 is 0 Å². The van der Waals surface area contributed by atoms with Crippen molar-refractivity contribution in [2.24, 2.45) is 0 Å². The summed E-state index contributed by atoms with van der Waals surface area (Å²) in [5, 5.41) is 0. The number of hydrogen-bond acceptors (Lipinski definition) is 2. The zero-order valence-corrected chi connectivity index (χ0v) is 23.4. The van der Waals surface area contributed by atoms with Crippen LogP contribution in [0.3, 0.4) is 0 Å². The van der Waals surface area contributed by atoms with E-state index in [0.29, 0.717) is 0 Å². The van der Waals surface area contributed by atoms with E-state index in [1.807, 2.05) is 79.1 Å². The Hall–Kier alpha value is -4.17. The Bertz CT molecular complexity index is 1510. The van der Waals surface area contributed by atoms with Gasteiger partial charge in [0.1, 0.15) is 0 Å². The van der Waals surface area contributed by atoms with Crippen molar-refractivity contribution in [1.29, 1.82) is 0 Å². The van der Waals surface area contributed by atoms with Gasteiger partial charge in [0.15, 0.2) is 0 Å². The summed E-state index contributed by atoms with van der Waals surface area (Å²) in [6.07, 6.45) is 3.65. The molecule has 4 aromatic carbocycles. The Morgan fingerprint density at radius 3 is 1.95 bits per heavy atom. The van der Waals surface area contributed by atoms with Crippen molar-refractivity contribution in [3.63, 3.8) is 0 Å². The molecule has 0 fully saturated rings. The predicted molar refractivity (Wildman–Crippen MR) is 153 cm³/mol. The van der Waals surface area contributed by atoms with E-state index in [9.17, 15) is 0 Å². The summed E-state index contributed by atoms with van der Waals surface area (Å²) in [4.78, 5) is 8.82. The first-order valence-corrected chi connectivity index (χ1v) is 12.3. The van der Waals surface area contributed by atoms with Gasteiger partial charge < -0.3 is 9.97 Å². The minimum atomic E-state index is 0. The number of benzene rings is 4. The van der Waals surface area contributed by atoms with Crippen LogP contribution in [0, 0.1) is 19.1 Å². The van der Waals surface area contributed by atoms with Crippen LogP contribution in [0.15, 0.2) is 140 Å². The van der Waals surface area contributed by atoms with Gasteiger partial charge in [0, 0.05) is 32.5 Å². The number of nitrogens with zero attached hydrogens (tertiary/aromatic N) is 2. The van der Waals surface area contributed by atoms with Crippen molar-refractivity contribution in [3.05, 3.63) is 157 Å². The van der Waals surface area contributed by atoms with Crippen LogP contribution < -0.4 is 0 Å². The molecule has 187 valence electrons. The molecule has 0 aliphatic heterocycles. The number of aryl methyl sites for hydroxylation is 1. The number of hydrogen-bond donors (Lipinski definition) is 0. The van der Waals surface area contributed by atoms with E-state index in [2.05, 4.69) is 89.7 Å². The molecular weight excluding hydrogens is 641 g/mol. The van der Waals surface area contributed by atoms with Crippen LogP contribution in [0.25, 0.3) is 44.8 Å². The van der Waals surface area contributed by atoms with Gasteiger partial charge in [-0.3, -0.25) is 0 Å². The van der Waals surface area contributed by atoms with Crippen molar-refractivity contribution in [2.75, 3.05) is 0 Å². The molecule has 1 radical (unpaired) electrons. The maximum absolute atomic E-state index is 4.41. The molecule has 0 saturated carbocycles. The maximum atomic E-state index is 4.41. The van der Waals surface area contributed by atoms with Crippen LogP contribution in [0.1, 0.15) is 5.56 Å². The molecule has 2 heterocycles. The van der Waals surface area contributed by atoms with Crippen molar-refractivity contribution in [3.8, 4) is 44.8 Å². The van der Waals surface area contributed by atoms with E-state index in [0.717, 1.165) is 28.1 Å². The molecule has 3 heteroatoms. The molecular formula is C35H26IrN2-2. The first-order chi connectivity index (χ1) is 18.3. The summed E-state index contributed by atoms with van der Waals surface area (Å²) >= 11 is 0. The second-order valence-corrected chi connectivity index (χ2v) is 8.62. The zero-order chi connectivity index (χ0) is 25.3. The predicted octanol–water partition coefficient (Wildman–Crippen LogP) is 8.74. The zero-order valence-electron chi connectivity index (χ0n) is 21.0. The van der Waals surface area contributed by atoms with Gasteiger partial charge in [-0.15, -0.1) is 65.2 Å². The quantitative estimate of drug-likeness (QED) is 0.176. The fourth-order valence-electron chi connectivity index (χ4n) is 4.13. The SMILES string of the molecule is Cc1ccnc(-c2[c-]ccc(-c3ccccc3)c2)c1.[Ir].[c-]1cccc(-c2ccccc2)c1-c1ccccn1. The number of aromatic nitrogens is 2. The van der Waals surface area contributed by atoms with Gasteiger partial charge in [0.2, 0.25) is 0 Å². The summed E-state index contributed by atoms with van der Waals surface area (Å²) in [7, 11) is 0. The van der Waals surface area contributed by atoms with Gasteiger partial charge in [-0.25, -0.2) is 0 Å². The van der Waals surface area contributed by atoms with E-state index in [1.54, 1.807) is 0 Å². The van der Waals surface area contributed by atoms with Gasteiger partial charge in [-0.1, -0.05) is 95.6 Å². The molecule has 0 aliphatic rings. The van der Waals surface area contributed by atoms with E-state index in [-0.39, 0.29) is 20.1 Å². The van der Waals surface area contributed by atoms with Gasteiger partial charge >= 0.3 is 0 Å². The monoisotopic (exact) mass is 667 g/mol. The van der Waals surface area contributed by atoms with Crippen molar-refractivity contribution in [2.45, 2.75) is 6.92 Å². The molecule has 38 heavy (non-hydrogen) atoms. The first-order valence-electron chi connectivity index (χ1n) is 12.3. The van der Waals surface area contributed by atoms with Crippen LogP contribution in [0.2, 0.25) is 0 Å². The average Bonchev–Trinajstić information content (AvgIpc) is 2.99. The Balaban J connectivity index is 0.000000173. The van der Waals surface area contributed by atoms with Crippen LogP contribution in [0.5, 0.6) is 0 Å². The Morgan fingerprint density at radius 2 is 1.24 bits per heavy atom. The first kappa shape index (κ1) is 26.9. The maximum Gasteiger partial charge on any atom is 0.0163 e. The Kier molecular flexibility index (Phi) is 9.48. The third kappa shape index (κ3) is 6.77. The van der Waals surface area contributed by atoms with E-state index in [1.165, 1.54) is 22.3 Å². The fraction of sp³-hybridized carbons (Fsp3) is 0.0286. The molecule has 0 aliphatic carbocycles. The topological polar surface area (TPSA) is 25.8 Å². The molecule has 0 unspecified atom stereocenters. The fourth-order valence-corrected chi connectivity index (χ4v) is 4.13. The van der Waals surface area contributed by atoms with Crippen LogP contribution in [-0.2, 0) is 20.1 Å². The molecule has 0 bridgehead atoms. The van der Waals surface area contributed by atoms with Crippen LogP contribution in [0.4, 0.5) is 0 Å². The second kappa shape index (κ2) is 13.4. The van der Waals surface area contributed by atoms with Gasteiger partial charge in [0.05, 0.1) is 0 Å². The molecule has 0 saturated heterocycles. The molecule has 0 spiro atoms. The standard InChI is InChI=1S/C18H14N.C17H12N.Ir/c1-14-10-11-19-18(12-14)17-9-5-8-16(13-17)15-6-3-2-4-7-15;1-2-8-14(9-3-1)15-10-4-5-11-16(15)17-12-6-7-13-18-17;/h2-8,10-13H,1H3;1-10,12-13H;/q2*-1;. The van der Waals surface area contributed by atoms with Crippen molar-refractivity contribution < 1.29 is 20.1 Å². The summed E-state index contributed by atoms with van der Waals surface area (Å²) in [5.41, 5.74) is 9.97. The smallest absolute Gasteiger partial charge is 0.0163 e. The van der Waals surface area contributed by atoms with Crippen LogP contribution in [-0.4, -0.2) is 9.97 Å². The molecule has 6 rings (SSSR count).